The molecule has 0 radical (unpaired) electrons. The molecular formula is C29H25BrIN3O4. The first-order valence-electron chi connectivity index (χ1n) is 12.3. The predicted molar refractivity (Wildman–Crippen MR) is 163 cm³/mol. The van der Waals surface area contributed by atoms with E-state index in [2.05, 4.69) is 50.5 Å². The number of fused-ring (bicyclic) bond motifs is 2. The Labute approximate surface area is 241 Å². The summed E-state index contributed by atoms with van der Waals surface area (Å²) in [6, 6.07) is 18.6. The molecule has 194 valence electrons. The summed E-state index contributed by atoms with van der Waals surface area (Å²) in [5.41, 5.74) is 1.73. The molecule has 0 aliphatic carbocycles. The van der Waals surface area contributed by atoms with Crippen LogP contribution in [0, 0.1) is 3.57 Å². The second kappa shape index (κ2) is 11.3. The van der Waals surface area contributed by atoms with Crippen LogP contribution in [0.4, 0.5) is 0 Å². The van der Waals surface area contributed by atoms with Crippen LogP contribution < -0.4 is 15.0 Å². The Hall–Kier alpha value is -3.18. The van der Waals surface area contributed by atoms with Crippen molar-refractivity contribution in [1.29, 1.82) is 0 Å². The lowest BCUT2D eigenvalue weighted by atomic mass is 10.2. The normalized spacial score (nSPS) is 12.4. The molecule has 5 rings (SSSR count). The minimum absolute atomic E-state index is 0.0523. The average Bonchev–Trinajstić information content (AvgIpc) is 3.33. The van der Waals surface area contributed by atoms with Crippen molar-refractivity contribution in [3.8, 4) is 23.1 Å². The number of ether oxygens (including phenoxy) is 2. The Bertz CT molecular complexity index is 1730. The van der Waals surface area contributed by atoms with Crippen LogP contribution in [0.25, 0.3) is 33.5 Å². The third kappa shape index (κ3) is 5.35. The summed E-state index contributed by atoms with van der Waals surface area (Å²) in [6.07, 6.45) is 2.55. The third-order valence-electron chi connectivity index (χ3n) is 6.00. The molecule has 0 spiro atoms. The quantitative estimate of drug-likeness (QED) is 0.124. The highest BCUT2D eigenvalue weighted by atomic mass is 127. The monoisotopic (exact) mass is 685 g/mol. The van der Waals surface area contributed by atoms with E-state index >= 15 is 0 Å². The molecule has 5 aromatic rings. The van der Waals surface area contributed by atoms with Gasteiger partial charge in [-0.25, -0.2) is 4.98 Å². The first-order chi connectivity index (χ1) is 18.4. The molecule has 0 N–H and O–H groups in total. The average molecular weight is 686 g/mol. The van der Waals surface area contributed by atoms with E-state index in [-0.39, 0.29) is 11.7 Å². The van der Waals surface area contributed by atoms with Crippen LogP contribution in [0.3, 0.4) is 0 Å². The predicted octanol–water partition coefficient (Wildman–Crippen LogP) is 7.64. The molecule has 2 heterocycles. The number of nitrogens with zero attached hydrogens (tertiary/aromatic N) is 3. The summed E-state index contributed by atoms with van der Waals surface area (Å²) in [5.74, 6) is 2.10. The summed E-state index contributed by atoms with van der Waals surface area (Å²) in [4.78, 5) is 18.3. The molecule has 0 saturated heterocycles. The fraction of sp³-hybridized carbons (Fsp3) is 0.207. The van der Waals surface area contributed by atoms with Crippen molar-refractivity contribution in [2.45, 2.75) is 33.3 Å². The van der Waals surface area contributed by atoms with Gasteiger partial charge in [-0.2, -0.15) is 9.78 Å². The van der Waals surface area contributed by atoms with Gasteiger partial charge in [-0.3, -0.25) is 4.79 Å². The molecule has 0 fully saturated rings. The van der Waals surface area contributed by atoms with Gasteiger partial charge in [-0.1, -0.05) is 35.0 Å². The Kier molecular flexibility index (Phi) is 7.85. The molecule has 7 nitrogen and oxygen atoms in total. The molecule has 38 heavy (non-hydrogen) atoms. The fourth-order valence-corrected chi connectivity index (χ4v) is 5.09. The summed E-state index contributed by atoms with van der Waals surface area (Å²) in [5, 5.41) is 5.94. The zero-order valence-electron chi connectivity index (χ0n) is 21.1. The van der Waals surface area contributed by atoms with E-state index in [9.17, 15) is 4.79 Å². The van der Waals surface area contributed by atoms with Crippen LogP contribution in [0.1, 0.15) is 32.8 Å². The van der Waals surface area contributed by atoms with Gasteiger partial charge in [0.05, 0.1) is 33.4 Å². The van der Waals surface area contributed by atoms with Gasteiger partial charge in [0, 0.05) is 9.86 Å². The topological polar surface area (TPSA) is 78.9 Å². The summed E-state index contributed by atoms with van der Waals surface area (Å²) in [7, 11) is 0. The van der Waals surface area contributed by atoms with E-state index in [1.807, 2.05) is 62.4 Å². The first-order valence-corrected chi connectivity index (χ1v) is 14.1. The molecule has 0 aliphatic heterocycles. The Morgan fingerprint density at radius 1 is 1.16 bits per heavy atom. The molecule has 0 saturated carbocycles. The lowest BCUT2D eigenvalue weighted by molar-refractivity contribution is 0.201. The van der Waals surface area contributed by atoms with Crippen molar-refractivity contribution in [3.63, 3.8) is 0 Å². The van der Waals surface area contributed by atoms with Crippen LogP contribution in [-0.4, -0.2) is 28.6 Å². The van der Waals surface area contributed by atoms with Crippen LogP contribution in [-0.2, 0) is 0 Å². The third-order valence-corrected chi connectivity index (χ3v) is 7.30. The molecule has 0 aliphatic rings. The van der Waals surface area contributed by atoms with Crippen molar-refractivity contribution >= 4 is 66.6 Å². The summed E-state index contributed by atoms with van der Waals surface area (Å²) < 4.78 is 21.2. The van der Waals surface area contributed by atoms with E-state index in [1.54, 1.807) is 18.3 Å². The number of hydrogen-bond donors (Lipinski definition) is 0. The zero-order chi connectivity index (χ0) is 26.8. The van der Waals surface area contributed by atoms with E-state index in [4.69, 9.17) is 18.9 Å². The van der Waals surface area contributed by atoms with Crippen molar-refractivity contribution in [2.24, 2.45) is 5.10 Å². The maximum Gasteiger partial charge on any atom is 0.282 e. The van der Waals surface area contributed by atoms with Crippen LogP contribution >= 0.6 is 38.5 Å². The number of furan rings is 1. The zero-order valence-corrected chi connectivity index (χ0v) is 24.8. The highest BCUT2D eigenvalue weighted by Gasteiger charge is 2.18. The smallest absolute Gasteiger partial charge is 0.282 e. The highest BCUT2D eigenvalue weighted by molar-refractivity contribution is 14.1. The molecule has 1 atom stereocenters. The lowest BCUT2D eigenvalue weighted by Crippen LogP contribution is -2.20. The van der Waals surface area contributed by atoms with Crippen molar-refractivity contribution in [3.05, 3.63) is 84.6 Å². The minimum Gasteiger partial charge on any atom is -0.490 e. The van der Waals surface area contributed by atoms with Crippen molar-refractivity contribution in [2.75, 3.05) is 6.61 Å². The number of para-hydroxylation sites is 1. The second-order valence-corrected chi connectivity index (χ2v) is 10.8. The number of benzene rings is 3. The van der Waals surface area contributed by atoms with E-state index in [1.165, 1.54) is 4.68 Å². The van der Waals surface area contributed by atoms with E-state index in [0.717, 1.165) is 25.4 Å². The van der Waals surface area contributed by atoms with Gasteiger partial charge >= 0.3 is 0 Å². The maximum atomic E-state index is 13.6. The minimum atomic E-state index is -0.292. The molecule has 9 heteroatoms. The van der Waals surface area contributed by atoms with Crippen LogP contribution in [0.15, 0.2) is 79.4 Å². The summed E-state index contributed by atoms with van der Waals surface area (Å²) in [6.45, 7) is 6.53. The highest BCUT2D eigenvalue weighted by Crippen LogP contribution is 2.35. The molecular weight excluding hydrogens is 661 g/mol. The largest absolute Gasteiger partial charge is 0.490 e. The Morgan fingerprint density at radius 2 is 1.97 bits per heavy atom. The van der Waals surface area contributed by atoms with Gasteiger partial charge < -0.3 is 13.9 Å². The number of halogens is 2. The van der Waals surface area contributed by atoms with Gasteiger partial charge in [-0.05, 0) is 97.0 Å². The fourth-order valence-electron chi connectivity index (χ4n) is 3.96. The van der Waals surface area contributed by atoms with Gasteiger partial charge in [0.1, 0.15) is 5.58 Å². The maximum absolute atomic E-state index is 13.6. The van der Waals surface area contributed by atoms with Crippen LogP contribution in [0.5, 0.6) is 11.5 Å². The van der Waals surface area contributed by atoms with Gasteiger partial charge in [0.25, 0.3) is 5.56 Å². The molecule has 0 unspecified atom stereocenters. The summed E-state index contributed by atoms with van der Waals surface area (Å²) >= 11 is 5.73. The molecule has 2 aromatic heterocycles. The van der Waals surface area contributed by atoms with Crippen molar-refractivity contribution in [1.82, 2.24) is 9.66 Å². The Balaban J connectivity index is 1.64. The number of hydrogen-bond acceptors (Lipinski definition) is 6. The second-order valence-electron chi connectivity index (χ2n) is 8.71. The van der Waals surface area contributed by atoms with Gasteiger partial charge in [0.2, 0.25) is 5.82 Å². The van der Waals surface area contributed by atoms with Gasteiger partial charge in [0.15, 0.2) is 17.3 Å². The molecule has 0 bridgehead atoms. The number of rotatable bonds is 8. The van der Waals surface area contributed by atoms with E-state index < -0.39 is 0 Å². The van der Waals surface area contributed by atoms with Gasteiger partial charge in [-0.15, -0.1) is 0 Å². The molecule has 0 amide bonds. The Morgan fingerprint density at radius 3 is 2.76 bits per heavy atom. The van der Waals surface area contributed by atoms with Crippen molar-refractivity contribution < 1.29 is 13.9 Å². The first kappa shape index (κ1) is 26.4. The number of aromatic nitrogens is 2. The standard InChI is InChI=1S/C29H25BrIN3O4/c1-4-17(3)37-27-22(31)12-18(13-25(27)36-5-2)16-32-34-28(33-23-9-7-6-8-21(23)29(34)35)26-15-19-14-20(30)10-11-24(19)38-26/h6-17H,4-5H2,1-3H3/t17-/m1/s1. The SMILES string of the molecule is CCOc1cc(C=Nn2c(-c3cc4cc(Br)ccc4o3)nc3ccccc3c2=O)cc(I)c1O[C@H](C)CC. The molecule has 3 aromatic carbocycles. The van der Waals surface area contributed by atoms with E-state index in [0.29, 0.717) is 46.2 Å². The van der Waals surface area contributed by atoms with Crippen LogP contribution in [0.2, 0.25) is 0 Å². The lowest BCUT2D eigenvalue weighted by Gasteiger charge is -2.18.